The van der Waals surface area contributed by atoms with E-state index in [2.05, 4.69) is 51.5 Å². The molecule has 4 rings (SSSR count). The second kappa shape index (κ2) is 11.3. The highest BCUT2D eigenvalue weighted by Crippen LogP contribution is 2.21. The number of hydrogen-bond donors (Lipinski definition) is 1. The van der Waals surface area contributed by atoms with Gasteiger partial charge in [0.2, 0.25) is 17.6 Å². The summed E-state index contributed by atoms with van der Waals surface area (Å²) in [7, 11) is 0. The number of amides is 1. The van der Waals surface area contributed by atoms with Gasteiger partial charge in [-0.05, 0) is 38.4 Å². The molecule has 0 saturated carbocycles. The van der Waals surface area contributed by atoms with Gasteiger partial charge < -0.3 is 9.84 Å². The Kier molecular flexibility index (Phi) is 7.96. The molecule has 1 amide bonds. The van der Waals surface area contributed by atoms with Gasteiger partial charge in [-0.25, -0.2) is 0 Å². The zero-order valence-corrected chi connectivity index (χ0v) is 19.3. The largest absolute Gasteiger partial charge is 0.355 e. The van der Waals surface area contributed by atoms with Crippen LogP contribution in [0.25, 0.3) is 11.4 Å². The van der Waals surface area contributed by atoms with E-state index < -0.39 is 0 Å². The Hall–Kier alpha value is -2.64. The number of aryl methyl sites for hydroxylation is 1. The van der Waals surface area contributed by atoms with E-state index in [9.17, 15) is 4.79 Å². The molecule has 1 fully saturated rings. The van der Waals surface area contributed by atoms with Crippen molar-refractivity contribution in [2.75, 3.05) is 25.4 Å². The highest BCUT2D eigenvalue weighted by Gasteiger charge is 2.25. The Bertz CT molecular complexity index is 983. The second-order valence-electron chi connectivity index (χ2n) is 8.26. The van der Waals surface area contributed by atoms with Gasteiger partial charge in [0.15, 0.2) is 0 Å². The summed E-state index contributed by atoms with van der Waals surface area (Å²) in [5.41, 5.74) is 3.49. The van der Waals surface area contributed by atoms with Crippen molar-refractivity contribution in [3.8, 4) is 11.4 Å². The SMILES string of the molecule is Cc1ccc(-c2noc(CN3CCC(C(=O)NCCSCc4ccccc4)CC3)n2)cc1. The summed E-state index contributed by atoms with van der Waals surface area (Å²) < 4.78 is 5.45. The molecule has 1 N–H and O–H groups in total. The molecule has 3 aromatic rings. The smallest absolute Gasteiger partial charge is 0.241 e. The zero-order chi connectivity index (χ0) is 22.2. The molecule has 2 aromatic carbocycles. The summed E-state index contributed by atoms with van der Waals surface area (Å²) in [6, 6.07) is 18.5. The first-order valence-electron chi connectivity index (χ1n) is 11.2. The molecule has 1 aliphatic rings. The monoisotopic (exact) mass is 450 g/mol. The number of hydrogen-bond acceptors (Lipinski definition) is 6. The Morgan fingerprint density at radius 1 is 1.12 bits per heavy atom. The molecule has 0 bridgehead atoms. The molecule has 0 unspecified atom stereocenters. The number of likely N-dealkylation sites (tertiary alicyclic amines) is 1. The fourth-order valence-electron chi connectivity index (χ4n) is 3.84. The van der Waals surface area contributed by atoms with Crippen LogP contribution in [0.1, 0.15) is 29.9 Å². The lowest BCUT2D eigenvalue weighted by atomic mass is 9.96. The minimum absolute atomic E-state index is 0.0937. The topological polar surface area (TPSA) is 71.3 Å². The van der Waals surface area contributed by atoms with Crippen LogP contribution in [0.3, 0.4) is 0 Å². The van der Waals surface area contributed by atoms with Crippen molar-refractivity contribution < 1.29 is 9.32 Å². The number of rotatable bonds is 9. The number of thioether (sulfide) groups is 1. The van der Waals surface area contributed by atoms with Gasteiger partial charge in [0, 0.05) is 29.5 Å². The van der Waals surface area contributed by atoms with Gasteiger partial charge in [0.1, 0.15) is 0 Å². The number of nitrogens with one attached hydrogen (secondary N) is 1. The Morgan fingerprint density at radius 3 is 2.62 bits per heavy atom. The maximum Gasteiger partial charge on any atom is 0.241 e. The van der Waals surface area contributed by atoms with Crippen molar-refractivity contribution in [1.29, 1.82) is 0 Å². The quantitative estimate of drug-likeness (QED) is 0.490. The first-order valence-corrected chi connectivity index (χ1v) is 12.3. The third kappa shape index (κ3) is 6.43. The Labute approximate surface area is 193 Å². The van der Waals surface area contributed by atoms with Crippen molar-refractivity contribution in [3.05, 3.63) is 71.6 Å². The van der Waals surface area contributed by atoms with Gasteiger partial charge in [-0.3, -0.25) is 9.69 Å². The van der Waals surface area contributed by atoms with E-state index in [1.54, 1.807) is 0 Å². The fraction of sp³-hybridized carbons (Fsp3) is 0.400. The third-order valence-electron chi connectivity index (χ3n) is 5.75. The zero-order valence-electron chi connectivity index (χ0n) is 18.5. The summed E-state index contributed by atoms with van der Waals surface area (Å²) in [5.74, 6) is 3.44. The maximum atomic E-state index is 12.5. The number of aromatic nitrogens is 2. The van der Waals surface area contributed by atoms with Crippen LogP contribution in [-0.2, 0) is 17.1 Å². The number of carbonyl (C=O) groups is 1. The molecule has 32 heavy (non-hydrogen) atoms. The predicted octanol–water partition coefficient (Wildman–Crippen LogP) is 4.31. The standard InChI is InChI=1S/C25H30N4O2S/c1-19-7-9-21(10-8-19)24-27-23(31-28-24)17-29-14-11-22(12-15-29)25(30)26-13-16-32-18-20-5-3-2-4-6-20/h2-10,22H,11-18H2,1H3,(H,26,30). The fourth-order valence-corrected chi connectivity index (χ4v) is 4.66. The molecular formula is C25H30N4O2S. The lowest BCUT2D eigenvalue weighted by Crippen LogP contribution is -2.40. The summed E-state index contributed by atoms with van der Waals surface area (Å²) in [4.78, 5) is 19.3. The van der Waals surface area contributed by atoms with Gasteiger partial charge >= 0.3 is 0 Å². The predicted molar refractivity (Wildman–Crippen MR) is 128 cm³/mol. The van der Waals surface area contributed by atoms with Crippen LogP contribution in [0.4, 0.5) is 0 Å². The van der Waals surface area contributed by atoms with E-state index in [1.807, 2.05) is 42.1 Å². The molecule has 0 radical (unpaired) electrons. The number of nitrogens with zero attached hydrogens (tertiary/aromatic N) is 3. The van der Waals surface area contributed by atoms with Crippen LogP contribution in [0.2, 0.25) is 0 Å². The Morgan fingerprint density at radius 2 is 1.88 bits per heavy atom. The average molecular weight is 451 g/mol. The number of benzene rings is 2. The summed E-state index contributed by atoms with van der Waals surface area (Å²) >= 11 is 1.85. The molecule has 0 spiro atoms. The van der Waals surface area contributed by atoms with Crippen molar-refractivity contribution in [3.63, 3.8) is 0 Å². The van der Waals surface area contributed by atoms with Crippen LogP contribution in [-0.4, -0.2) is 46.3 Å². The van der Waals surface area contributed by atoms with E-state index in [4.69, 9.17) is 4.52 Å². The molecule has 0 aliphatic carbocycles. The van der Waals surface area contributed by atoms with Crippen molar-refractivity contribution in [1.82, 2.24) is 20.4 Å². The van der Waals surface area contributed by atoms with Crippen LogP contribution in [0.5, 0.6) is 0 Å². The van der Waals surface area contributed by atoms with E-state index in [0.717, 1.165) is 49.5 Å². The maximum absolute atomic E-state index is 12.5. The van der Waals surface area contributed by atoms with Crippen LogP contribution in [0.15, 0.2) is 59.1 Å². The molecule has 7 heteroatoms. The molecule has 1 aliphatic heterocycles. The molecule has 6 nitrogen and oxygen atoms in total. The van der Waals surface area contributed by atoms with Crippen LogP contribution in [0, 0.1) is 12.8 Å². The van der Waals surface area contributed by atoms with Gasteiger partial charge in [-0.1, -0.05) is 65.3 Å². The molecule has 2 heterocycles. The minimum atomic E-state index is 0.0937. The van der Waals surface area contributed by atoms with Gasteiger partial charge in [0.05, 0.1) is 6.54 Å². The van der Waals surface area contributed by atoms with Crippen LogP contribution >= 0.6 is 11.8 Å². The van der Waals surface area contributed by atoms with Crippen molar-refractivity contribution in [2.24, 2.45) is 5.92 Å². The first-order chi connectivity index (χ1) is 15.7. The highest BCUT2D eigenvalue weighted by molar-refractivity contribution is 7.98. The average Bonchev–Trinajstić information content (AvgIpc) is 3.29. The van der Waals surface area contributed by atoms with Crippen molar-refractivity contribution in [2.45, 2.75) is 32.1 Å². The van der Waals surface area contributed by atoms with Gasteiger partial charge in [-0.15, -0.1) is 0 Å². The number of carbonyl (C=O) groups excluding carboxylic acids is 1. The Balaban J connectivity index is 1.14. The summed E-state index contributed by atoms with van der Waals surface area (Å²) in [6.45, 7) is 5.14. The van der Waals surface area contributed by atoms with Gasteiger partial charge in [0.25, 0.3) is 0 Å². The molecular weight excluding hydrogens is 420 g/mol. The van der Waals surface area contributed by atoms with E-state index >= 15 is 0 Å². The van der Waals surface area contributed by atoms with Gasteiger partial charge in [-0.2, -0.15) is 16.7 Å². The van der Waals surface area contributed by atoms with Crippen molar-refractivity contribution >= 4 is 17.7 Å². The third-order valence-corrected chi connectivity index (χ3v) is 6.78. The molecule has 0 atom stereocenters. The van der Waals surface area contributed by atoms with E-state index in [-0.39, 0.29) is 11.8 Å². The highest BCUT2D eigenvalue weighted by atomic mass is 32.2. The molecule has 1 aromatic heterocycles. The molecule has 1 saturated heterocycles. The van der Waals surface area contributed by atoms with E-state index in [0.29, 0.717) is 18.3 Å². The lowest BCUT2D eigenvalue weighted by Gasteiger charge is -2.30. The van der Waals surface area contributed by atoms with Crippen LogP contribution < -0.4 is 5.32 Å². The normalized spacial score (nSPS) is 15.0. The molecule has 168 valence electrons. The lowest BCUT2D eigenvalue weighted by molar-refractivity contribution is -0.126. The van der Waals surface area contributed by atoms with E-state index in [1.165, 1.54) is 11.1 Å². The first kappa shape index (κ1) is 22.6. The second-order valence-corrected chi connectivity index (χ2v) is 9.36. The minimum Gasteiger partial charge on any atom is -0.355 e. The summed E-state index contributed by atoms with van der Waals surface area (Å²) in [6.07, 6.45) is 1.73. The number of piperidine rings is 1. The summed E-state index contributed by atoms with van der Waals surface area (Å²) in [5, 5.41) is 7.22.